The van der Waals surface area contributed by atoms with Crippen LogP contribution in [-0.2, 0) is 43.0 Å². The summed E-state index contributed by atoms with van der Waals surface area (Å²) < 4.78 is 106. The van der Waals surface area contributed by atoms with Crippen LogP contribution in [0.4, 0.5) is 50.0 Å². The second-order valence-corrected chi connectivity index (χ2v) is 24.1. The molecule has 1 aromatic carbocycles. The highest BCUT2D eigenvalue weighted by molar-refractivity contribution is 8.00. The molecule has 0 spiro atoms. The molecule has 0 aromatic heterocycles. The van der Waals surface area contributed by atoms with Crippen LogP contribution in [0.2, 0.25) is 0 Å². The van der Waals surface area contributed by atoms with Crippen molar-refractivity contribution in [1.29, 1.82) is 0 Å². The molecule has 2 saturated heterocycles. The van der Waals surface area contributed by atoms with Crippen molar-refractivity contribution in [3.63, 3.8) is 0 Å². The lowest BCUT2D eigenvalue weighted by Gasteiger charge is -2.19. The summed E-state index contributed by atoms with van der Waals surface area (Å²) >= 11 is 3.69. The standard InChI is InChI=1S/C49H79N13O11S2.3C2HF3O2/c1-28-30(43(65)53-18-9-7-11-31(45(67)68)56-38(63)15-5-3-13-36-41-34(26-74-36)58-47(51)61-41)25-33(60-49(71)55-20-22-73-24-23-72-21-17-50)29(2)40(28)44(66)54-19-10-8-12-32(46(69)70)57-39(64)16-6-4-14-37-42-35(27-75-37)59-48(52)62-42;3*3-2(4,5)1(6)7/h25,31-32,34-37,41-42H,3-24,26-27,50H2,1-2H3,(H,53,65)(H,54,66)(H,56,63)(H,57,64)(H,67,68)(H,69,70)(H3,51,58,61)(H3,52,59,62)(H2,55,60,71);3*(H,6,7)/t31-,32-,34-,35-,36-,37-,41-,42-;;;/m0.../s1. The Morgan fingerprint density at radius 3 is 1.38 bits per heavy atom. The topological polar surface area (TPSA) is 489 Å². The predicted octanol–water partition coefficient (Wildman–Crippen LogP) is 2.92. The van der Waals surface area contributed by atoms with E-state index in [-0.39, 0.29) is 105 Å². The number of fused-ring (bicyclic) bond motifs is 2. The van der Waals surface area contributed by atoms with Gasteiger partial charge in [-0.3, -0.25) is 19.2 Å². The van der Waals surface area contributed by atoms with Crippen LogP contribution in [0.3, 0.4) is 0 Å². The fraction of sp³-hybridized carbons (Fsp3) is 0.673. The fourth-order valence-electron chi connectivity index (χ4n) is 9.52. The van der Waals surface area contributed by atoms with E-state index in [9.17, 15) is 83.3 Å². The summed E-state index contributed by atoms with van der Waals surface area (Å²) in [6.07, 6.45) is -8.43. The second kappa shape index (κ2) is 42.0. The molecule has 96 heavy (non-hydrogen) atoms. The van der Waals surface area contributed by atoms with Crippen molar-refractivity contribution in [2.75, 3.05) is 69.4 Å². The van der Waals surface area contributed by atoms with Crippen LogP contribution in [0.1, 0.15) is 122 Å². The number of unbranched alkanes of at least 4 members (excludes halogenated alkanes) is 4. The van der Waals surface area contributed by atoms with Crippen LogP contribution in [0, 0.1) is 13.8 Å². The molecule has 6 amide bonds. The first-order chi connectivity index (χ1) is 44.9. The Kier molecular flexibility index (Phi) is 36.9. The molecule has 4 aliphatic rings. The third-order valence-electron chi connectivity index (χ3n) is 14.2. The lowest BCUT2D eigenvalue weighted by atomic mass is 9.94. The van der Waals surface area contributed by atoms with Crippen molar-refractivity contribution in [3.8, 4) is 0 Å². The summed E-state index contributed by atoms with van der Waals surface area (Å²) in [5, 5.41) is 64.5. The summed E-state index contributed by atoms with van der Waals surface area (Å²) in [6.45, 7) is 5.40. The Morgan fingerprint density at radius 2 is 0.979 bits per heavy atom. The van der Waals surface area contributed by atoms with E-state index in [1.165, 1.54) is 6.07 Å². The number of nitrogens with zero attached hydrogens (tertiary/aromatic N) is 2. The van der Waals surface area contributed by atoms with Gasteiger partial charge in [-0.05, 0) is 95.2 Å². The van der Waals surface area contributed by atoms with Crippen LogP contribution in [0.5, 0.6) is 0 Å². The number of aliphatic imine (C=N–C) groups is 2. The minimum absolute atomic E-state index is 0.122. The number of hydrogen-bond acceptors (Lipinski definition) is 21. The van der Waals surface area contributed by atoms with Gasteiger partial charge in [-0.1, -0.05) is 12.8 Å². The van der Waals surface area contributed by atoms with E-state index in [4.69, 9.17) is 56.4 Å². The Balaban J connectivity index is 0.00000128. The molecule has 0 radical (unpaired) electrons. The van der Waals surface area contributed by atoms with Gasteiger partial charge in [-0.2, -0.15) is 63.0 Å². The van der Waals surface area contributed by atoms with E-state index < -0.39 is 78.3 Å². The number of anilines is 1. The third kappa shape index (κ3) is 31.8. The van der Waals surface area contributed by atoms with E-state index in [0.717, 1.165) is 37.2 Å². The summed E-state index contributed by atoms with van der Waals surface area (Å²) in [5.74, 6) is -9.48. The van der Waals surface area contributed by atoms with Gasteiger partial charge in [0.1, 0.15) is 12.1 Å². The van der Waals surface area contributed by atoms with Crippen LogP contribution < -0.4 is 59.7 Å². The minimum Gasteiger partial charge on any atom is -0.480 e. The van der Waals surface area contributed by atoms with Crippen LogP contribution >= 0.6 is 23.5 Å². The number of ether oxygens (including phenoxy) is 2. The molecule has 0 unspecified atom stereocenters. The highest BCUT2D eigenvalue weighted by Crippen LogP contribution is 2.36. The van der Waals surface area contributed by atoms with Crippen molar-refractivity contribution in [3.05, 3.63) is 28.3 Å². The van der Waals surface area contributed by atoms with Gasteiger partial charge in [0.15, 0.2) is 11.9 Å². The number of nitrogens with one attached hydrogen (secondary N) is 8. The summed E-state index contributed by atoms with van der Waals surface area (Å²) in [7, 11) is 0. The van der Waals surface area contributed by atoms with Gasteiger partial charge in [0, 0.05) is 77.8 Å². The average molecular weight is 1430 g/mol. The van der Waals surface area contributed by atoms with Gasteiger partial charge in [-0.15, -0.1) is 0 Å². The summed E-state index contributed by atoms with van der Waals surface area (Å²) in [6, 6.07) is -0.518. The maximum Gasteiger partial charge on any atom is 0.490 e. The predicted molar refractivity (Wildman–Crippen MR) is 330 cm³/mol. The Labute approximate surface area is 552 Å². The molecule has 2 fully saturated rings. The summed E-state index contributed by atoms with van der Waals surface area (Å²) in [5.41, 5.74) is 18.3. The number of urea groups is 1. The number of nitrogens with two attached hydrogens (primary N) is 3. The number of rotatable bonds is 35. The fourth-order valence-corrected chi connectivity index (χ4v) is 12.6. The highest BCUT2D eigenvalue weighted by Gasteiger charge is 2.42. The number of carboxylic acid groups (broad SMARTS) is 5. The number of benzene rings is 1. The van der Waals surface area contributed by atoms with Crippen molar-refractivity contribution >= 4 is 101 Å². The molecular weight excluding hydrogens is 1350 g/mol. The Bertz CT molecular complexity index is 2790. The largest absolute Gasteiger partial charge is 0.490 e. The highest BCUT2D eigenvalue weighted by atomic mass is 32.2. The Morgan fingerprint density at radius 1 is 0.573 bits per heavy atom. The first kappa shape index (κ1) is 84.3. The van der Waals surface area contributed by atoms with Crippen LogP contribution in [-0.4, -0.2) is 226 Å². The molecule has 0 aliphatic carbocycles. The van der Waals surface area contributed by atoms with Crippen LogP contribution in [0.25, 0.3) is 0 Å². The lowest BCUT2D eigenvalue weighted by molar-refractivity contribution is -0.193. The number of carbonyl (C=O) groups is 10. The van der Waals surface area contributed by atoms with Crippen LogP contribution in [0.15, 0.2) is 16.1 Å². The third-order valence-corrected chi connectivity index (χ3v) is 17.2. The molecule has 544 valence electrons. The zero-order chi connectivity index (χ0) is 72.5. The molecule has 19 N–H and O–H groups in total. The first-order valence-corrected chi connectivity index (χ1v) is 32.0. The number of carbonyl (C=O) groups excluding carboxylic acids is 5. The zero-order valence-corrected chi connectivity index (χ0v) is 53.8. The molecule has 8 atom stereocenters. The quantitative estimate of drug-likeness (QED) is 0.0343. The van der Waals surface area contributed by atoms with Gasteiger partial charge in [0.2, 0.25) is 11.8 Å². The second-order valence-electron chi connectivity index (χ2n) is 21.6. The van der Waals surface area contributed by atoms with E-state index in [2.05, 4.69) is 52.5 Å². The Hall–Kier alpha value is -7.79. The van der Waals surface area contributed by atoms with Gasteiger partial charge < -0.3 is 94.7 Å². The van der Waals surface area contributed by atoms with E-state index in [0.29, 0.717) is 98.4 Å². The molecule has 4 aliphatic heterocycles. The molecule has 0 saturated carbocycles. The van der Waals surface area contributed by atoms with Crippen molar-refractivity contribution < 1.29 is 122 Å². The molecular formula is C55H82F9N13O17S2. The maximum absolute atomic E-state index is 13.9. The summed E-state index contributed by atoms with van der Waals surface area (Å²) in [4.78, 5) is 126. The normalized spacial score (nSPS) is 18.9. The van der Waals surface area contributed by atoms with Gasteiger partial charge in [-0.25, -0.2) is 38.8 Å². The maximum atomic E-state index is 13.9. The lowest BCUT2D eigenvalue weighted by Crippen LogP contribution is -2.40. The number of halogens is 9. The molecule has 5 rings (SSSR count). The molecule has 41 heteroatoms. The number of amides is 6. The van der Waals surface area contributed by atoms with Gasteiger partial charge in [0.25, 0.3) is 11.8 Å². The SMILES string of the molecule is Cc1c(NC(=O)NCCOCCOCCN)cc(C(=O)NCCCC[C@H](NC(=O)CCCC[C@@H]2SC[C@@H]3NC(N)=N[C@@H]32)C(=O)O)c(C)c1C(=O)NCCCC[C@H](NC(=O)CCCC[C@@H]1SC[C@@H]2NC(N)=N[C@@H]21)C(=O)O.O=C(O)C(F)(F)F.O=C(O)C(F)(F)F.O=C(O)C(F)(F)F. The first-order valence-electron chi connectivity index (χ1n) is 29.9. The molecule has 4 heterocycles. The molecule has 30 nitrogen and oxygen atoms in total. The van der Waals surface area contributed by atoms with Crippen molar-refractivity contribution in [2.45, 2.75) is 169 Å². The van der Waals surface area contributed by atoms with Gasteiger partial charge in [0.05, 0.1) is 50.6 Å². The number of aliphatic carboxylic acids is 5. The number of carboxylic acids is 5. The molecule has 0 bridgehead atoms. The van der Waals surface area contributed by atoms with E-state index >= 15 is 0 Å². The molecule has 1 aromatic rings. The monoisotopic (exact) mass is 1430 g/mol. The number of alkyl halides is 9. The average Bonchev–Trinajstić information content (AvgIpc) is 1.08. The van der Waals surface area contributed by atoms with E-state index in [1.54, 1.807) is 13.8 Å². The smallest absolute Gasteiger partial charge is 0.480 e. The number of guanidine groups is 2. The van der Waals surface area contributed by atoms with Crippen molar-refractivity contribution in [2.24, 2.45) is 27.2 Å². The minimum atomic E-state index is -5.08. The zero-order valence-electron chi connectivity index (χ0n) is 52.1. The number of hydrogen-bond donors (Lipinski definition) is 16. The number of thioether (sulfide) groups is 2. The van der Waals surface area contributed by atoms with E-state index in [1.807, 2.05) is 23.5 Å². The van der Waals surface area contributed by atoms with Crippen molar-refractivity contribution in [1.82, 2.24) is 37.2 Å². The van der Waals surface area contributed by atoms with Gasteiger partial charge >= 0.3 is 54.4 Å².